The number of alkyl halides is 2. The Bertz CT molecular complexity index is 905. The van der Waals surface area contributed by atoms with Crippen molar-refractivity contribution in [2.45, 2.75) is 51.4 Å². The Balaban J connectivity index is 0.000000161. The lowest BCUT2D eigenvalue weighted by Crippen LogP contribution is -2.30. The molecule has 2 heterocycles. The van der Waals surface area contributed by atoms with Crippen LogP contribution in [0.1, 0.15) is 51.4 Å². The van der Waals surface area contributed by atoms with Gasteiger partial charge < -0.3 is 0 Å². The van der Waals surface area contributed by atoms with E-state index in [2.05, 4.69) is 0 Å². The quantitative estimate of drug-likeness (QED) is 0.452. The molecule has 0 aromatic carbocycles. The van der Waals surface area contributed by atoms with Crippen molar-refractivity contribution >= 4 is 55.1 Å². The second-order valence-electron chi connectivity index (χ2n) is 6.77. The minimum Gasteiger partial charge on any atom is -0.268 e. The minimum absolute atomic E-state index is 0.284. The van der Waals surface area contributed by atoms with E-state index in [1.807, 2.05) is 0 Å². The maximum absolute atomic E-state index is 11.7. The van der Waals surface area contributed by atoms with Crippen molar-refractivity contribution in [2.24, 2.45) is 0 Å². The molecule has 156 valence electrons. The van der Waals surface area contributed by atoms with Crippen LogP contribution < -0.4 is 0 Å². The average molecular weight is 471 g/mol. The Labute approximate surface area is 174 Å². The van der Waals surface area contributed by atoms with Gasteiger partial charge >= 0.3 is 0 Å². The summed E-state index contributed by atoms with van der Waals surface area (Å²) in [5.41, 5.74) is 0.911. The lowest BCUT2D eigenvalue weighted by molar-refractivity contribution is -0.122. The van der Waals surface area contributed by atoms with E-state index < -0.39 is 31.9 Å². The van der Waals surface area contributed by atoms with Gasteiger partial charge in [-0.05, 0) is 51.4 Å². The molecule has 0 saturated carbocycles. The summed E-state index contributed by atoms with van der Waals surface area (Å²) in [7, 11) is -7.11. The normalized spacial score (nSPS) is 25.5. The van der Waals surface area contributed by atoms with Crippen LogP contribution >= 0.6 is 23.2 Å². The Morgan fingerprint density at radius 2 is 0.964 bits per heavy atom. The number of halogens is 2. The first-order valence-electron chi connectivity index (χ1n) is 8.88. The molecule has 28 heavy (non-hydrogen) atoms. The fourth-order valence-electron chi connectivity index (χ4n) is 3.80. The van der Waals surface area contributed by atoms with Crippen molar-refractivity contribution in [1.29, 1.82) is 0 Å². The van der Waals surface area contributed by atoms with E-state index >= 15 is 0 Å². The molecule has 0 radical (unpaired) electrons. The van der Waals surface area contributed by atoms with Crippen molar-refractivity contribution < 1.29 is 26.4 Å². The van der Waals surface area contributed by atoms with E-state index in [1.165, 1.54) is 0 Å². The van der Waals surface area contributed by atoms with Crippen LogP contribution in [0.3, 0.4) is 0 Å². The predicted octanol–water partition coefficient (Wildman–Crippen LogP) is 2.37. The van der Waals surface area contributed by atoms with Gasteiger partial charge in [-0.2, -0.15) is 0 Å². The number of hydrogen-bond donors (Lipinski definition) is 0. The summed E-state index contributed by atoms with van der Waals surface area (Å²) in [5, 5.41) is 0. The van der Waals surface area contributed by atoms with Gasteiger partial charge in [0.05, 0.1) is 9.81 Å². The molecule has 2 aliphatic carbocycles. The fourth-order valence-corrected chi connectivity index (χ4v) is 8.04. The molecule has 0 saturated heterocycles. The van der Waals surface area contributed by atoms with E-state index in [9.17, 15) is 26.4 Å². The van der Waals surface area contributed by atoms with E-state index in [0.29, 0.717) is 46.6 Å². The molecule has 0 aromatic rings. The van der Waals surface area contributed by atoms with E-state index in [-0.39, 0.29) is 12.0 Å². The topological polar surface area (TPSA) is 109 Å². The largest absolute Gasteiger partial charge is 0.268 e. The smallest absolute Gasteiger partial charge is 0.265 e. The summed E-state index contributed by atoms with van der Waals surface area (Å²) in [4.78, 5) is 23.8. The molecule has 4 aliphatic rings. The highest BCUT2D eigenvalue weighted by Crippen LogP contribution is 2.38. The van der Waals surface area contributed by atoms with Gasteiger partial charge in [-0.25, -0.2) is 25.4 Å². The Morgan fingerprint density at radius 1 is 0.643 bits per heavy atom. The van der Waals surface area contributed by atoms with Crippen LogP contribution in [0, 0.1) is 0 Å². The van der Waals surface area contributed by atoms with Crippen molar-refractivity contribution in [2.75, 3.05) is 12.0 Å². The van der Waals surface area contributed by atoms with Gasteiger partial charge in [-0.15, -0.1) is 23.2 Å². The highest BCUT2D eigenvalue weighted by molar-refractivity contribution is 7.94. The molecule has 8 nitrogen and oxygen atoms in total. The SMILES string of the molecule is O=C1C2=C(CCCC2)S(=O)(=O)N1CCl.O=C1C2=C(CCCC2)S(=O)(=O)N1CCl. The first-order valence-corrected chi connectivity index (χ1v) is 12.8. The van der Waals surface area contributed by atoms with Crippen LogP contribution in [0.5, 0.6) is 0 Å². The maximum Gasteiger partial charge on any atom is 0.265 e. The molecular weight excluding hydrogens is 451 g/mol. The van der Waals surface area contributed by atoms with Crippen LogP contribution in [0.25, 0.3) is 0 Å². The Morgan fingerprint density at radius 3 is 1.25 bits per heavy atom. The second-order valence-corrected chi connectivity index (χ2v) is 11.0. The summed E-state index contributed by atoms with van der Waals surface area (Å²) >= 11 is 10.9. The lowest BCUT2D eigenvalue weighted by Gasteiger charge is -2.11. The minimum atomic E-state index is -3.56. The molecule has 0 fully saturated rings. The molecule has 0 bridgehead atoms. The standard InChI is InChI=1S/2C8H10ClNO3S/c2*9-5-10-8(11)6-3-1-2-4-7(6)14(10,12)13/h2*1-5H2. The third kappa shape index (κ3) is 3.38. The number of amides is 2. The van der Waals surface area contributed by atoms with Gasteiger partial charge in [0.15, 0.2) is 0 Å². The van der Waals surface area contributed by atoms with Crippen molar-refractivity contribution in [3.63, 3.8) is 0 Å². The summed E-state index contributed by atoms with van der Waals surface area (Å²) < 4.78 is 48.4. The number of allylic oxidation sites excluding steroid dienone is 2. The monoisotopic (exact) mass is 470 g/mol. The van der Waals surface area contributed by atoms with E-state index in [0.717, 1.165) is 34.3 Å². The predicted molar refractivity (Wildman–Crippen MR) is 104 cm³/mol. The van der Waals surface area contributed by atoms with Gasteiger partial charge in [0.1, 0.15) is 12.0 Å². The van der Waals surface area contributed by atoms with Gasteiger partial charge in [0.2, 0.25) is 0 Å². The number of carbonyl (C=O) groups is 2. The Kier molecular flexibility index (Phi) is 6.15. The van der Waals surface area contributed by atoms with Crippen LogP contribution in [0.2, 0.25) is 0 Å². The molecule has 2 aliphatic heterocycles. The summed E-state index contributed by atoms with van der Waals surface area (Å²) in [5.74, 6) is -0.843. The number of carbonyl (C=O) groups excluding carboxylic acids is 2. The van der Waals surface area contributed by atoms with Crippen molar-refractivity contribution in [3.05, 3.63) is 21.0 Å². The van der Waals surface area contributed by atoms with Gasteiger partial charge in [-0.1, -0.05) is 0 Å². The van der Waals surface area contributed by atoms with Crippen molar-refractivity contribution in [3.8, 4) is 0 Å². The number of sulfonamides is 2. The summed E-state index contributed by atoms with van der Waals surface area (Å²) in [6.45, 7) is 0. The van der Waals surface area contributed by atoms with Crippen LogP contribution in [-0.4, -0.2) is 49.3 Å². The van der Waals surface area contributed by atoms with Crippen molar-refractivity contribution in [1.82, 2.24) is 8.61 Å². The molecule has 12 heteroatoms. The molecule has 2 amide bonds. The second kappa shape index (κ2) is 7.97. The molecular formula is C16H20Cl2N2O6S2. The lowest BCUT2D eigenvalue weighted by atomic mass is 9.99. The summed E-state index contributed by atoms with van der Waals surface area (Å²) in [6, 6.07) is -0.567. The molecule has 0 unspecified atom stereocenters. The zero-order chi connectivity index (χ0) is 20.7. The average Bonchev–Trinajstić information content (AvgIpc) is 3.00. The van der Waals surface area contributed by atoms with Crippen LogP contribution in [-0.2, 0) is 29.6 Å². The number of hydrogen-bond acceptors (Lipinski definition) is 6. The fraction of sp³-hybridized carbons (Fsp3) is 0.625. The highest BCUT2D eigenvalue weighted by Gasteiger charge is 2.44. The molecule has 0 atom stereocenters. The number of nitrogens with zero attached hydrogens (tertiary/aromatic N) is 2. The van der Waals surface area contributed by atoms with Crippen LogP contribution in [0.4, 0.5) is 0 Å². The third-order valence-electron chi connectivity index (χ3n) is 5.22. The summed E-state index contributed by atoms with van der Waals surface area (Å²) in [6.07, 6.45) is 5.55. The Hall–Kier alpha value is -1.10. The zero-order valence-corrected chi connectivity index (χ0v) is 18.1. The van der Waals surface area contributed by atoms with Gasteiger partial charge in [0.25, 0.3) is 31.9 Å². The molecule has 0 aromatic heterocycles. The number of rotatable bonds is 2. The zero-order valence-electron chi connectivity index (χ0n) is 15.0. The molecule has 0 spiro atoms. The first-order chi connectivity index (χ1) is 13.2. The highest BCUT2D eigenvalue weighted by atomic mass is 35.5. The third-order valence-corrected chi connectivity index (χ3v) is 9.88. The van der Waals surface area contributed by atoms with E-state index in [1.54, 1.807) is 0 Å². The van der Waals surface area contributed by atoms with Gasteiger partial charge in [0, 0.05) is 11.1 Å². The maximum atomic E-state index is 11.7. The van der Waals surface area contributed by atoms with Crippen LogP contribution in [0.15, 0.2) is 21.0 Å². The van der Waals surface area contributed by atoms with E-state index in [4.69, 9.17) is 23.2 Å². The van der Waals surface area contributed by atoms with Gasteiger partial charge in [-0.3, -0.25) is 9.59 Å². The molecule has 4 rings (SSSR count). The molecule has 0 N–H and O–H groups in total. The first kappa shape index (κ1) is 21.6.